The van der Waals surface area contributed by atoms with Gasteiger partial charge in [-0.15, -0.1) is 0 Å². The summed E-state index contributed by atoms with van der Waals surface area (Å²) in [5.74, 6) is 0.201. The Morgan fingerprint density at radius 3 is 2.73 bits per heavy atom. The molecule has 1 amide bonds. The van der Waals surface area contributed by atoms with Crippen molar-refractivity contribution in [2.24, 2.45) is 5.92 Å². The summed E-state index contributed by atoms with van der Waals surface area (Å²) >= 11 is 0. The molecule has 6 nitrogen and oxygen atoms in total. The van der Waals surface area contributed by atoms with Gasteiger partial charge in [0.25, 0.3) is 0 Å². The Hall–Kier alpha value is -2.34. The summed E-state index contributed by atoms with van der Waals surface area (Å²) in [6.45, 7) is 7.10. The SMILES string of the molecule is COC(=O)c1[nH]c2ccc(C)cc2c1NC(=O)CCN1CCC(C)CC1. The van der Waals surface area contributed by atoms with Crippen LogP contribution < -0.4 is 5.32 Å². The average Bonchev–Trinajstić information content (AvgIpc) is 2.98. The molecule has 26 heavy (non-hydrogen) atoms. The molecule has 2 N–H and O–H groups in total. The van der Waals surface area contributed by atoms with Gasteiger partial charge in [-0.1, -0.05) is 18.6 Å². The minimum Gasteiger partial charge on any atom is -0.464 e. The number of aryl methyl sites for hydroxylation is 1. The fourth-order valence-electron chi connectivity index (χ4n) is 3.44. The number of aromatic nitrogens is 1. The van der Waals surface area contributed by atoms with Crippen molar-refractivity contribution in [1.29, 1.82) is 0 Å². The number of amides is 1. The first-order chi connectivity index (χ1) is 12.5. The third-order valence-corrected chi connectivity index (χ3v) is 5.14. The van der Waals surface area contributed by atoms with Crippen LogP contribution in [0.5, 0.6) is 0 Å². The largest absolute Gasteiger partial charge is 0.464 e. The van der Waals surface area contributed by atoms with E-state index in [1.165, 1.54) is 20.0 Å². The summed E-state index contributed by atoms with van der Waals surface area (Å²) in [6, 6.07) is 5.82. The second-order valence-electron chi connectivity index (χ2n) is 7.24. The van der Waals surface area contributed by atoms with Crippen LogP contribution in [0.3, 0.4) is 0 Å². The molecule has 6 heteroatoms. The molecule has 0 spiro atoms. The summed E-state index contributed by atoms with van der Waals surface area (Å²) in [7, 11) is 1.34. The zero-order chi connectivity index (χ0) is 18.7. The number of carbonyl (C=O) groups excluding carboxylic acids is 2. The number of H-pyrrole nitrogens is 1. The zero-order valence-electron chi connectivity index (χ0n) is 15.7. The minimum atomic E-state index is -0.487. The second kappa shape index (κ2) is 7.91. The quantitative estimate of drug-likeness (QED) is 0.805. The Morgan fingerprint density at radius 1 is 1.31 bits per heavy atom. The molecular formula is C20H27N3O3. The number of benzene rings is 1. The number of likely N-dealkylation sites (tertiary alicyclic amines) is 1. The predicted molar refractivity (Wildman–Crippen MR) is 102 cm³/mol. The molecule has 1 aromatic carbocycles. The van der Waals surface area contributed by atoms with Crippen molar-refractivity contribution >= 4 is 28.5 Å². The van der Waals surface area contributed by atoms with E-state index in [2.05, 4.69) is 22.1 Å². The van der Waals surface area contributed by atoms with Crippen LogP contribution in [-0.4, -0.2) is 48.5 Å². The molecule has 2 heterocycles. The summed E-state index contributed by atoms with van der Waals surface area (Å²) in [5, 5.41) is 3.75. The highest BCUT2D eigenvalue weighted by Crippen LogP contribution is 2.29. The van der Waals surface area contributed by atoms with E-state index in [9.17, 15) is 9.59 Å². The van der Waals surface area contributed by atoms with Crippen LogP contribution in [0.4, 0.5) is 5.69 Å². The van der Waals surface area contributed by atoms with Gasteiger partial charge in [-0.25, -0.2) is 4.79 Å². The van der Waals surface area contributed by atoms with E-state index in [0.29, 0.717) is 12.1 Å². The molecule has 2 aromatic rings. The molecule has 1 aliphatic heterocycles. The highest BCUT2D eigenvalue weighted by Gasteiger charge is 2.21. The van der Waals surface area contributed by atoms with Gasteiger partial charge in [-0.05, 0) is 50.9 Å². The van der Waals surface area contributed by atoms with Crippen molar-refractivity contribution in [3.05, 3.63) is 29.5 Å². The number of anilines is 1. The van der Waals surface area contributed by atoms with Crippen LogP contribution in [0.1, 0.15) is 42.2 Å². The van der Waals surface area contributed by atoms with Gasteiger partial charge in [-0.2, -0.15) is 0 Å². The lowest BCUT2D eigenvalue weighted by atomic mass is 9.99. The molecule has 0 unspecified atom stereocenters. The number of rotatable bonds is 5. The van der Waals surface area contributed by atoms with Crippen LogP contribution in [0, 0.1) is 12.8 Å². The summed E-state index contributed by atoms with van der Waals surface area (Å²) < 4.78 is 4.85. The van der Waals surface area contributed by atoms with Crippen molar-refractivity contribution in [3.63, 3.8) is 0 Å². The maximum absolute atomic E-state index is 12.5. The molecular weight excluding hydrogens is 330 g/mol. The lowest BCUT2D eigenvalue weighted by Gasteiger charge is -2.29. The Bertz CT molecular complexity index is 804. The molecule has 3 rings (SSSR count). The molecule has 0 bridgehead atoms. The fourth-order valence-corrected chi connectivity index (χ4v) is 3.44. The molecule has 0 aliphatic carbocycles. The number of methoxy groups -OCH3 is 1. The van der Waals surface area contributed by atoms with Gasteiger partial charge in [0.15, 0.2) is 0 Å². The Labute approximate surface area is 153 Å². The molecule has 1 fully saturated rings. The van der Waals surface area contributed by atoms with Crippen molar-refractivity contribution in [1.82, 2.24) is 9.88 Å². The number of esters is 1. The number of piperidine rings is 1. The van der Waals surface area contributed by atoms with Crippen molar-refractivity contribution in [3.8, 4) is 0 Å². The van der Waals surface area contributed by atoms with Crippen LogP contribution in [0.2, 0.25) is 0 Å². The van der Waals surface area contributed by atoms with E-state index < -0.39 is 5.97 Å². The van der Waals surface area contributed by atoms with Crippen LogP contribution in [0.15, 0.2) is 18.2 Å². The fraction of sp³-hybridized carbons (Fsp3) is 0.500. The van der Waals surface area contributed by atoms with Crippen molar-refractivity contribution < 1.29 is 14.3 Å². The van der Waals surface area contributed by atoms with Crippen LogP contribution >= 0.6 is 0 Å². The maximum atomic E-state index is 12.5. The van der Waals surface area contributed by atoms with E-state index in [0.717, 1.165) is 42.0 Å². The number of ether oxygens (including phenoxy) is 1. The Morgan fingerprint density at radius 2 is 2.04 bits per heavy atom. The summed E-state index contributed by atoms with van der Waals surface area (Å²) in [4.78, 5) is 30.0. The summed E-state index contributed by atoms with van der Waals surface area (Å²) in [5.41, 5.74) is 2.66. The van der Waals surface area contributed by atoms with E-state index in [-0.39, 0.29) is 11.6 Å². The smallest absolute Gasteiger partial charge is 0.356 e. The molecule has 1 aromatic heterocycles. The number of fused-ring (bicyclic) bond motifs is 1. The second-order valence-corrected chi connectivity index (χ2v) is 7.24. The minimum absolute atomic E-state index is 0.0869. The van der Waals surface area contributed by atoms with Gasteiger partial charge in [0.05, 0.1) is 12.8 Å². The average molecular weight is 357 g/mol. The normalized spacial score (nSPS) is 16.0. The van der Waals surface area contributed by atoms with Gasteiger partial charge in [0.2, 0.25) is 5.91 Å². The number of nitrogens with zero attached hydrogens (tertiary/aromatic N) is 1. The summed E-state index contributed by atoms with van der Waals surface area (Å²) in [6.07, 6.45) is 2.79. The number of hydrogen-bond acceptors (Lipinski definition) is 4. The lowest BCUT2D eigenvalue weighted by Crippen LogP contribution is -2.35. The third kappa shape index (κ3) is 4.07. The number of carbonyl (C=O) groups is 2. The van der Waals surface area contributed by atoms with Gasteiger partial charge < -0.3 is 19.9 Å². The highest BCUT2D eigenvalue weighted by molar-refractivity contribution is 6.11. The topological polar surface area (TPSA) is 74.4 Å². The standard InChI is InChI=1S/C20H27N3O3/c1-13-6-9-23(10-7-13)11-8-17(24)22-18-15-12-14(2)4-5-16(15)21-19(18)20(25)26-3/h4-5,12-13,21H,6-11H2,1-3H3,(H,22,24). The van der Waals surface area contributed by atoms with Gasteiger partial charge in [-0.3, -0.25) is 4.79 Å². The zero-order valence-corrected chi connectivity index (χ0v) is 15.7. The molecule has 0 atom stereocenters. The molecule has 1 aliphatic rings. The predicted octanol–water partition coefficient (Wildman–Crippen LogP) is 3.32. The molecule has 0 radical (unpaired) electrons. The first-order valence-electron chi connectivity index (χ1n) is 9.20. The van der Waals surface area contributed by atoms with Crippen LogP contribution in [0.25, 0.3) is 10.9 Å². The Balaban J connectivity index is 1.73. The van der Waals surface area contributed by atoms with Gasteiger partial charge in [0.1, 0.15) is 5.69 Å². The monoisotopic (exact) mass is 357 g/mol. The van der Waals surface area contributed by atoms with Crippen LogP contribution in [-0.2, 0) is 9.53 Å². The molecule has 0 saturated carbocycles. The first-order valence-corrected chi connectivity index (χ1v) is 9.20. The van der Waals surface area contributed by atoms with E-state index in [1.54, 1.807) is 0 Å². The molecule has 1 saturated heterocycles. The molecule has 140 valence electrons. The van der Waals surface area contributed by atoms with E-state index in [4.69, 9.17) is 4.74 Å². The van der Waals surface area contributed by atoms with E-state index >= 15 is 0 Å². The van der Waals surface area contributed by atoms with E-state index in [1.807, 2.05) is 25.1 Å². The number of nitrogens with one attached hydrogen (secondary N) is 2. The highest BCUT2D eigenvalue weighted by atomic mass is 16.5. The van der Waals surface area contributed by atoms with Gasteiger partial charge in [0, 0.05) is 23.9 Å². The third-order valence-electron chi connectivity index (χ3n) is 5.14. The first kappa shape index (κ1) is 18.5. The van der Waals surface area contributed by atoms with Gasteiger partial charge >= 0.3 is 5.97 Å². The lowest BCUT2D eigenvalue weighted by molar-refractivity contribution is -0.116. The van der Waals surface area contributed by atoms with Crippen molar-refractivity contribution in [2.75, 3.05) is 32.1 Å². The van der Waals surface area contributed by atoms with Crippen molar-refractivity contribution in [2.45, 2.75) is 33.1 Å². The Kier molecular flexibility index (Phi) is 5.61. The number of hydrogen-bond donors (Lipinski definition) is 2. The maximum Gasteiger partial charge on any atom is 0.356 e. The number of aromatic amines is 1.